The van der Waals surface area contributed by atoms with Crippen molar-refractivity contribution < 1.29 is 9.47 Å². The molecule has 0 aromatic heterocycles. The Bertz CT molecular complexity index is 894. The van der Waals surface area contributed by atoms with E-state index in [1.54, 1.807) is 0 Å². The Morgan fingerprint density at radius 1 is 0.759 bits per heavy atom. The first-order valence-corrected chi connectivity index (χ1v) is 10.6. The van der Waals surface area contributed by atoms with E-state index < -0.39 is 0 Å². The van der Waals surface area contributed by atoms with E-state index in [0.29, 0.717) is 0 Å². The Balaban J connectivity index is 1.70. The van der Waals surface area contributed by atoms with Crippen LogP contribution in [0.4, 0.5) is 0 Å². The number of rotatable bonds is 4. The van der Waals surface area contributed by atoms with Crippen molar-refractivity contribution in [1.82, 2.24) is 0 Å². The van der Waals surface area contributed by atoms with E-state index in [9.17, 15) is 0 Å². The topological polar surface area (TPSA) is 18.5 Å². The van der Waals surface area contributed by atoms with Gasteiger partial charge in [-0.05, 0) is 88.9 Å². The summed E-state index contributed by atoms with van der Waals surface area (Å²) in [5.74, 6) is 1.77. The highest BCUT2D eigenvalue weighted by Crippen LogP contribution is 2.40. The van der Waals surface area contributed by atoms with Gasteiger partial charge in [-0.2, -0.15) is 12.6 Å². The van der Waals surface area contributed by atoms with Crippen LogP contribution in [-0.2, 0) is 4.75 Å². The second-order valence-electron chi connectivity index (χ2n) is 9.60. The highest BCUT2D eigenvalue weighted by molar-refractivity contribution is 7.81. The van der Waals surface area contributed by atoms with E-state index >= 15 is 0 Å². The summed E-state index contributed by atoms with van der Waals surface area (Å²) in [7, 11) is 0. The van der Waals surface area contributed by atoms with Crippen molar-refractivity contribution in [2.24, 2.45) is 0 Å². The molecule has 0 aliphatic heterocycles. The van der Waals surface area contributed by atoms with Crippen LogP contribution < -0.4 is 9.47 Å². The number of allylic oxidation sites excluding steroid dienone is 3. The Labute approximate surface area is 181 Å². The van der Waals surface area contributed by atoms with Crippen LogP contribution in [-0.4, -0.2) is 11.2 Å². The minimum atomic E-state index is -0.306. The zero-order chi connectivity index (χ0) is 21.3. The molecule has 0 N–H and O–H groups in total. The third kappa shape index (κ3) is 5.93. The normalized spacial score (nSPS) is 19.6. The van der Waals surface area contributed by atoms with Gasteiger partial charge in [0, 0.05) is 0 Å². The third-order valence-electron chi connectivity index (χ3n) is 4.56. The van der Waals surface area contributed by atoms with Crippen LogP contribution in [0.25, 0.3) is 5.57 Å². The molecule has 154 valence electrons. The first-order chi connectivity index (χ1) is 13.4. The Kier molecular flexibility index (Phi) is 5.91. The summed E-state index contributed by atoms with van der Waals surface area (Å²) >= 11 is 4.98. The highest BCUT2D eigenvalue weighted by atomic mass is 32.1. The summed E-state index contributed by atoms with van der Waals surface area (Å²) in [6.07, 6.45) is 7.44. The van der Waals surface area contributed by atoms with Crippen molar-refractivity contribution in [3.05, 3.63) is 77.9 Å². The van der Waals surface area contributed by atoms with Crippen molar-refractivity contribution in [2.75, 3.05) is 0 Å². The van der Waals surface area contributed by atoms with Crippen molar-refractivity contribution in [3.63, 3.8) is 0 Å². The number of benzene rings is 2. The molecule has 1 atom stereocenters. The molecule has 29 heavy (non-hydrogen) atoms. The predicted octanol–water partition coefficient (Wildman–Crippen LogP) is 7.21. The summed E-state index contributed by atoms with van der Waals surface area (Å²) in [5, 5.41) is 0. The van der Waals surface area contributed by atoms with Crippen molar-refractivity contribution >= 4 is 18.2 Å². The summed E-state index contributed by atoms with van der Waals surface area (Å²) in [5.41, 5.74) is 3.18. The average molecular weight is 409 g/mol. The van der Waals surface area contributed by atoms with Crippen molar-refractivity contribution in [3.8, 4) is 11.5 Å². The number of hydrogen-bond acceptors (Lipinski definition) is 3. The van der Waals surface area contributed by atoms with Crippen molar-refractivity contribution in [2.45, 2.75) is 63.9 Å². The van der Waals surface area contributed by atoms with Gasteiger partial charge >= 0.3 is 0 Å². The van der Waals surface area contributed by atoms with Crippen molar-refractivity contribution in [1.29, 1.82) is 0 Å². The summed E-state index contributed by atoms with van der Waals surface area (Å²) < 4.78 is 11.5. The summed E-state index contributed by atoms with van der Waals surface area (Å²) in [6, 6.07) is 16.6. The van der Waals surface area contributed by atoms with Gasteiger partial charge in [0.25, 0.3) is 0 Å². The smallest absolute Gasteiger partial charge is 0.120 e. The zero-order valence-electron chi connectivity index (χ0n) is 18.3. The molecule has 0 fully saturated rings. The monoisotopic (exact) mass is 408 g/mol. The fourth-order valence-electron chi connectivity index (χ4n) is 3.29. The molecule has 0 amide bonds. The Morgan fingerprint density at radius 2 is 1.24 bits per heavy atom. The fraction of sp³-hybridized carbons (Fsp3) is 0.385. The van der Waals surface area contributed by atoms with Crippen LogP contribution in [0.2, 0.25) is 0 Å². The molecule has 2 nitrogen and oxygen atoms in total. The second-order valence-corrected chi connectivity index (χ2v) is 10.4. The number of thiol groups is 1. The third-order valence-corrected chi connectivity index (χ3v) is 5.15. The maximum absolute atomic E-state index is 5.93. The van der Waals surface area contributed by atoms with Crippen LogP contribution in [0.3, 0.4) is 0 Å². The molecular formula is C26H32O2S. The fourth-order valence-corrected chi connectivity index (χ4v) is 3.61. The zero-order valence-corrected chi connectivity index (χ0v) is 19.2. The van der Waals surface area contributed by atoms with E-state index in [1.165, 1.54) is 16.7 Å². The Morgan fingerprint density at radius 3 is 1.66 bits per heavy atom. The molecule has 0 spiro atoms. The molecule has 0 radical (unpaired) electrons. The molecule has 3 heteroatoms. The Hall–Kier alpha value is -2.13. The SMILES string of the molecule is CC(C)(C)Oc1ccc(C2=CCC(S)(c3ccc(OC(C)(C)C)cc3)C=C2)cc1. The lowest BCUT2D eigenvalue weighted by atomic mass is 9.87. The van der Waals surface area contributed by atoms with Gasteiger partial charge in [0.15, 0.2) is 0 Å². The van der Waals surface area contributed by atoms with Gasteiger partial charge in [-0.25, -0.2) is 0 Å². The average Bonchev–Trinajstić information content (AvgIpc) is 2.61. The van der Waals surface area contributed by atoms with Crippen LogP contribution in [0.5, 0.6) is 11.5 Å². The lowest BCUT2D eigenvalue weighted by molar-refractivity contribution is 0.130. The van der Waals surface area contributed by atoms with E-state index in [1.807, 2.05) is 24.3 Å². The quantitative estimate of drug-likeness (QED) is 0.539. The summed E-state index contributed by atoms with van der Waals surface area (Å²) in [4.78, 5) is 0. The summed E-state index contributed by atoms with van der Waals surface area (Å²) in [6.45, 7) is 12.3. The minimum Gasteiger partial charge on any atom is -0.488 e. The molecule has 3 rings (SSSR count). The van der Waals surface area contributed by atoms with Crippen LogP contribution in [0.15, 0.2) is 66.8 Å². The van der Waals surface area contributed by atoms with E-state index in [4.69, 9.17) is 22.1 Å². The molecule has 1 aliphatic carbocycles. The molecule has 0 saturated carbocycles. The van der Waals surface area contributed by atoms with E-state index in [0.717, 1.165) is 17.9 Å². The largest absolute Gasteiger partial charge is 0.488 e. The van der Waals surface area contributed by atoms with Crippen LogP contribution in [0.1, 0.15) is 59.1 Å². The molecule has 0 bridgehead atoms. The van der Waals surface area contributed by atoms with Gasteiger partial charge in [0.05, 0.1) is 4.75 Å². The predicted molar refractivity (Wildman–Crippen MR) is 126 cm³/mol. The van der Waals surface area contributed by atoms with Gasteiger partial charge in [0.2, 0.25) is 0 Å². The minimum absolute atomic E-state index is 0.190. The molecule has 1 aliphatic rings. The second kappa shape index (κ2) is 7.95. The molecule has 2 aromatic rings. The molecule has 1 unspecified atom stereocenters. The van der Waals surface area contributed by atoms with Gasteiger partial charge in [0.1, 0.15) is 22.7 Å². The lowest BCUT2D eigenvalue weighted by Gasteiger charge is -2.28. The van der Waals surface area contributed by atoms with Gasteiger partial charge in [-0.15, -0.1) is 0 Å². The lowest BCUT2D eigenvalue weighted by Crippen LogP contribution is -2.23. The highest BCUT2D eigenvalue weighted by Gasteiger charge is 2.26. The standard InChI is InChI=1S/C26H32O2S/c1-24(2,3)27-22-11-7-19(8-12-22)20-15-17-26(29,18-16-20)21-9-13-23(14-10-21)28-25(4,5)6/h7-17,29H,18H2,1-6H3. The van der Waals surface area contributed by atoms with Gasteiger partial charge in [-0.1, -0.05) is 42.5 Å². The maximum Gasteiger partial charge on any atom is 0.120 e. The first kappa shape index (κ1) is 21.6. The number of hydrogen-bond donors (Lipinski definition) is 1. The van der Waals surface area contributed by atoms with E-state index in [2.05, 4.69) is 84.0 Å². The van der Waals surface area contributed by atoms with Gasteiger partial charge < -0.3 is 9.47 Å². The molecular weight excluding hydrogens is 376 g/mol. The molecule has 0 saturated heterocycles. The number of ether oxygens (including phenoxy) is 2. The van der Waals surface area contributed by atoms with Crippen LogP contribution in [0, 0.1) is 0 Å². The first-order valence-electron chi connectivity index (χ1n) is 10.1. The van der Waals surface area contributed by atoms with E-state index in [-0.39, 0.29) is 15.9 Å². The molecule has 2 aromatic carbocycles. The van der Waals surface area contributed by atoms with Crippen LogP contribution >= 0.6 is 12.6 Å². The maximum atomic E-state index is 5.93. The molecule has 0 heterocycles. The van der Waals surface area contributed by atoms with Gasteiger partial charge in [-0.3, -0.25) is 0 Å².